The molecule has 0 aromatic carbocycles. The minimum absolute atomic E-state index is 0.0518. The molecule has 2 unspecified atom stereocenters. The Morgan fingerprint density at radius 1 is 1.30 bits per heavy atom. The Morgan fingerprint density at radius 2 is 2.00 bits per heavy atom. The van der Waals surface area contributed by atoms with Crippen LogP contribution in [0.25, 0.3) is 0 Å². The zero-order valence-corrected chi connectivity index (χ0v) is 18.6. The molecule has 0 spiro atoms. The van der Waals surface area contributed by atoms with E-state index >= 15 is 0 Å². The summed E-state index contributed by atoms with van der Waals surface area (Å²) in [6, 6.07) is -0.0518. The number of carbonyl (C=O) groups is 2. The molecule has 2 saturated heterocycles. The van der Waals surface area contributed by atoms with Crippen molar-refractivity contribution in [1.29, 1.82) is 0 Å². The number of nitrogens with zero attached hydrogens (tertiary/aromatic N) is 1. The van der Waals surface area contributed by atoms with Crippen molar-refractivity contribution in [2.75, 3.05) is 26.3 Å². The molecule has 168 valence electrons. The number of ether oxygens (including phenoxy) is 3. The van der Waals surface area contributed by atoms with Crippen molar-refractivity contribution in [3.8, 4) is 0 Å². The molecule has 2 fully saturated rings. The van der Waals surface area contributed by atoms with E-state index in [1.165, 1.54) is 6.08 Å². The van der Waals surface area contributed by atoms with Gasteiger partial charge in [-0.2, -0.15) is 0 Å². The van der Waals surface area contributed by atoms with Crippen molar-refractivity contribution in [2.24, 2.45) is 5.92 Å². The second-order valence-electron chi connectivity index (χ2n) is 8.14. The molecule has 0 radical (unpaired) electrons. The first-order valence-corrected chi connectivity index (χ1v) is 10.8. The Bertz CT molecular complexity index is 654. The number of carbonyl (C=O) groups excluding carboxylic acids is 2. The summed E-state index contributed by atoms with van der Waals surface area (Å²) in [5, 5.41) is 3.02. The predicted molar refractivity (Wildman–Crippen MR) is 116 cm³/mol. The molecule has 5 atom stereocenters. The Balaban J connectivity index is 1.78. The molecule has 7 heteroatoms. The number of nitrogens with one attached hydrogen (secondary N) is 1. The average Bonchev–Trinajstić information content (AvgIpc) is 2.74. The predicted octanol–water partition coefficient (Wildman–Crippen LogP) is 3.22. The van der Waals surface area contributed by atoms with Crippen LogP contribution in [0.1, 0.15) is 40.5 Å². The SMILES string of the molecule is C=C/C(C)=C/C[C@@H]1O[C@H](C)C(NC(=O)/C=C\C(C)OC(=O)N2CCOCC2)C[C@@H]1C. The van der Waals surface area contributed by atoms with Crippen LogP contribution in [0.3, 0.4) is 0 Å². The van der Waals surface area contributed by atoms with Crippen molar-refractivity contribution in [3.63, 3.8) is 0 Å². The third-order valence-electron chi connectivity index (χ3n) is 5.61. The fourth-order valence-corrected chi connectivity index (χ4v) is 3.57. The summed E-state index contributed by atoms with van der Waals surface area (Å²) in [6.45, 7) is 13.8. The van der Waals surface area contributed by atoms with Crippen molar-refractivity contribution >= 4 is 12.0 Å². The van der Waals surface area contributed by atoms with Gasteiger partial charge in [-0.25, -0.2) is 4.79 Å². The Morgan fingerprint density at radius 3 is 2.67 bits per heavy atom. The highest BCUT2D eigenvalue weighted by molar-refractivity contribution is 5.87. The standard InChI is InChI=1S/C23H36N2O5/c1-6-16(2)7-9-21-17(3)15-20(19(5)30-21)24-22(26)10-8-18(4)29-23(27)25-11-13-28-14-12-25/h6-8,10,17-21H,1,9,11-15H2,2-5H3,(H,24,26)/b10-8-,16-7+/t17-,18?,19+,20?,21-/m0/s1. The van der Waals surface area contributed by atoms with Gasteiger partial charge in [0.05, 0.1) is 31.5 Å². The quantitative estimate of drug-likeness (QED) is 0.505. The van der Waals surface area contributed by atoms with Gasteiger partial charge in [-0.1, -0.05) is 31.2 Å². The van der Waals surface area contributed by atoms with Crippen molar-refractivity contribution < 1.29 is 23.8 Å². The van der Waals surface area contributed by atoms with Crippen LogP contribution in [0.4, 0.5) is 4.79 Å². The normalized spacial score (nSPS) is 28.8. The maximum absolute atomic E-state index is 12.3. The van der Waals surface area contributed by atoms with Gasteiger partial charge in [0.15, 0.2) is 0 Å². The van der Waals surface area contributed by atoms with Crippen LogP contribution in [-0.4, -0.2) is 67.6 Å². The maximum atomic E-state index is 12.3. The lowest BCUT2D eigenvalue weighted by molar-refractivity contribution is -0.123. The van der Waals surface area contributed by atoms with Crippen LogP contribution in [0.5, 0.6) is 0 Å². The molecular formula is C23H36N2O5. The molecule has 2 aliphatic rings. The molecule has 0 aliphatic carbocycles. The summed E-state index contributed by atoms with van der Waals surface area (Å²) < 4.78 is 16.7. The van der Waals surface area contributed by atoms with E-state index in [2.05, 4.69) is 24.9 Å². The molecule has 2 heterocycles. The lowest BCUT2D eigenvalue weighted by Crippen LogP contribution is -2.50. The lowest BCUT2D eigenvalue weighted by atomic mass is 9.88. The zero-order chi connectivity index (χ0) is 22.1. The first-order valence-electron chi connectivity index (χ1n) is 10.8. The lowest BCUT2D eigenvalue weighted by Gasteiger charge is -2.39. The fraction of sp³-hybridized carbons (Fsp3) is 0.652. The summed E-state index contributed by atoms with van der Waals surface area (Å²) in [7, 11) is 0. The molecule has 0 aromatic rings. The number of allylic oxidation sites excluding steroid dienone is 2. The maximum Gasteiger partial charge on any atom is 0.410 e. The number of rotatable bonds is 7. The molecule has 0 bridgehead atoms. The highest BCUT2D eigenvalue weighted by Crippen LogP contribution is 2.27. The van der Waals surface area contributed by atoms with Gasteiger partial charge in [0.1, 0.15) is 6.10 Å². The smallest absolute Gasteiger partial charge is 0.410 e. The summed E-state index contributed by atoms with van der Waals surface area (Å²) in [5.41, 5.74) is 1.14. The minimum atomic E-state index is -0.491. The third kappa shape index (κ3) is 7.61. The van der Waals surface area contributed by atoms with Crippen molar-refractivity contribution in [3.05, 3.63) is 36.5 Å². The second kappa shape index (κ2) is 11.9. The highest BCUT2D eigenvalue weighted by Gasteiger charge is 2.33. The Labute approximate surface area is 180 Å². The zero-order valence-electron chi connectivity index (χ0n) is 18.6. The van der Waals surface area contributed by atoms with Gasteiger partial charge in [-0.05, 0) is 45.6 Å². The molecule has 2 aliphatic heterocycles. The molecule has 0 saturated carbocycles. The summed E-state index contributed by atoms with van der Waals surface area (Å²) in [6.07, 6.45) is 7.89. The number of hydrogen-bond donors (Lipinski definition) is 1. The van der Waals surface area contributed by atoms with Crippen LogP contribution >= 0.6 is 0 Å². The van der Waals surface area contributed by atoms with Crippen LogP contribution in [0.15, 0.2) is 36.5 Å². The van der Waals surface area contributed by atoms with E-state index in [1.807, 2.05) is 19.9 Å². The van der Waals surface area contributed by atoms with Crippen LogP contribution < -0.4 is 5.32 Å². The molecule has 1 N–H and O–H groups in total. The fourth-order valence-electron chi connectivity index (χ4n) is 3.57. The Hall–Kier alpha value is -2.12. The topological polar surface area (TPSA) is 77.1 Å². The van der Waals surface area contributed by atoms with Gasteiger partial charge < -0.3 is 24.4 Å². The molecule has 2 amide bonds. The monoisotopic (exact) mass is 420 g/mol. The van der Waals surface area contributed by atoms with Crippen molar-refractivity contribution in [2.45, 2.75) is 64.9 Å². The summed E-state index contributed by atoms with van der Waals surface area (Å²) in [5.74, 6) is 0.121. The summed E-state index contributed by atoms with van der Waals surface area (Å²) in [4.78, 5) is 26.0. The third-order valence-corrected chi connectivity index (χ3v) is 5.61. The van der Waals surface area contributed by atoms with Crippen LogP contribution in [0, 0.1) is 5.92 Å². The molecule has 0 aromatic heterocycles. The second-order valence-corrected chi connectivity index (χ2v) is 8.14. The largest absolute Gasteiger partial charge is 0.442 e. The van der Waals surface area contributed by atoms with E-state index in [9.17, 15) is 9.59 Å². The molecule has 7 nitrogen and oxygen atoms in total. The number of amides is 2. The van der Waals surface area contributed by atoms with Gasteiger partial charge in [0, 0.05) is 19.2 Å². The first-order chi connectivity index (χ1) is 14.3. The summed E-state index contributed by atoms with van der Waals surface area (Å²) >= 11 is 0. The number of hydrogen-bond acceptors (Lipinski definition) is 5. The average molecular weight is 421 g/mol. The molecular weight excluding hydrogens is 384 g/mol. The highest BCUT2D eigenvalue weighted by atomic mass is 16.6. The van der Waals surface area contributed by atoms with E-state index in [1.54, 1.807) is 17.9 Å². The van der Waals surface area contributed by atoms with E-state index < -0.39 is 6.10 Å². The van der Waals surface area contributed by atoms with Gasteiger partial charge in [-0.3, -0.25) is 4.79 Å². The van der Waals surface area contributed by atoms with E-state index in [0.29, 0.717) is 32.2 Å². The van der Waals surface area contributed by atoms with E-state index in [-0.39, 0.29) is 30.3 Å². The van der Waals surface area contributed by atoms with Gasteiger partial charge >= 0.3 is 6.09 Å². The van der Waals surface area contributed by atoms with Gasteiger partial charge in [0.25, 0.3) is 0 Å². The number of morpholine rings is 1. The van der Waals surface area contributed by atoms with Gasteiger partial charge in [-0.15, -0.1) is 0 Å². The molecule has 2 rings (SSSR count). The van der Waals surface area contributed by atoms with Gasteiger partial charge in [0.2, 0.25) is 5.91 Å². The van der Waals surface area contributed by atoms with Crippen LogP contribution in [-0.2, 0) is 19.0 Å². The Kier molecular flexibility index (Phi) is 9.59. The van der Waals surface area contributed by atoms with E-state index in [4.69, 9.17) is 14.2 Å². The minimum Gasteiger partial charge on any atom is -0.442 e. The molecule has 30 heavy (non-hydrogen) atoms. The van der Waals surface area contributed by atoms with Crippen LogP contribution in [0.2, 0.25) is 0 Å². The van der Waals surface area contributed by atoms with Crippen molar-refractivity contribution in [1.82, 2.24) is 10.2 Å². The first kappa shape index (κ1) is 24.2. The van der Waals surface area contributed by atoms with E-state index in [0.717, 1.165) is 18.4 Å².